The van der Waals surface area contributed by atoms with Crippen molar-refractivity contribution in [2.45, 2.75) is 83.9 Å². The van der Waals surface area contributed by atoms with E-state index < -0.39 is 5.54 Å². The van der Waals surface area contributed by atoms with Crippen LogP contribution in [0.2, 0.25) is 0 Å². The molecule has 0 spiro atoms. The fourth-order valence-electron chi connectivity index (χ4n) is 2.40. The predicted octanol–water partition coefficient (Wildman–Crippen LogP) is 3.05. The molecule has 4 nitrogen and oxygen atoms in total. The summed E-state index contributed by atoms with van der Waals surface area (Å²) in [6.07, 6.45) is 6.52. The minimum absolute atomic E-state index is 0.131. The van der Waals surface area contributed by atoms with Crippen molar-refractivity contribution < 1.29 is 14.3 Å². The first-order valence-electron chi connectivity index (χ1n) is 8.08. The Morgan fingerprint density at radius 2 is 2.10 bits per heavy atom. The van der Waals surface area contributed by atoms with Crippen molar-refractivity contribution >= 4 is 5.97 Å². The Labute approximate surface area is 123 Å². The summed E-state index contributed by atoms with van der Waals surface area (Å²) in [6, 6.07) is 0.490. The Hall–Kier alpha value is -0.610. The van der Waals surface area contributed by atoms with Gasteiger partial charge in [-0.25, -0.2) is 0 Å². The van der Waals surface area contributed by atoms with E-state index in [4.69, 9.17) is 9.47 Å². The summed E-state index contributed by atoms with van der Waals surface area (Å²) in [5, 5.41) is 3.44. The Kier molecular flexibility index (Phi) is 7.52. The lowest BCUT2D eigenvalue weighted by Crippen LogP contribution is -2.51. The van der Waals surface area contributed by atoms with Gasteiger partial charge in [-0.3, -0.25) is 10.1 Å². The van der Waals surface area contributed by atoms with Crippen LogP contribution in [0.4, 0.5) is 0 Å². The summed E-state index contributed by atoms with van der Waals surface area (Å²) in [6.45, 7) is 9.23. The fraction of sp³-hybridized carbons (Fsp3) is 0.938. The second-order valence-corrected chi connectivity index (χ2v) is 6.04. The summed E-state index contributed by atoms with van der Waals surface area (Å²) >= 11 is 0. The van der Waals surface area contributed by atoms with E-state index >= 15 is 0 Å². The molecule has 2 atom stereocenters. The summed E-state index contributed by atoms with van der Waals surface area (Å²) < 4.78 is 11.0. The lowest BCUT2D eigenvalue weighted by atomic mass is 9.95. The van der Waals surface area contributed by atoms with Crippen LogP contribution >= 0.6 is 0 Å². The standard InChI is InChI=1S/C16H31NO3/c1-5-8-13(3)20-12-7-11-16(4,15(18)19-6-2)17-14-9-10-14/h13-14,17H,5-12H2,1-4H3. The van der Waals surface area contributed by atoms with Crippen LogP contribution in [0.25, 0.3) is 0 Å². The molecule has 1 rings (SSSR count). The third-order valence-electron chi connectivity index (χ3n) is 3.74. The molecule has 0 bridgehead atoms. The van der Waals surface area contributed by atoms with Gasteiger partial charge in [-0.1, -0.05) is 13.3 Å². The van der Waals surface area contributed by atoms with E-state index in [1.807, 2.05) is 13.8 Å². The minimum atomic E-state index is -0.561. The number of carbonyl (C=O) groups is 1. The number of nitrogens with one attached hydrogen (secondary N) is 1. The number of carbonyl (C=O) groups excluding carboxylic acids is 1. The third-order valence-corrected chi connectivity index (χ3v) is 3.74. The summed E-state index contributed by atoms with van der Waals surface area (Å²) in [5.74, 6) is -0.131. The zero-order valence-electron chi connectivity index (χ0n) is 13.5. The average Bonchev–Trinajstić information content (AvgIpc) is 3.19. The van der Waals surface area contributed by atoms with Crippen molar-refractivity contribution in [1.82, 2.24) is 5.32 Å². The highest BCUT2D eigenvalue weighted by atomic mass is 16.5. The topological polar surface area (TPSA) is 47.6 Å². The molecule has 0 aliphatic heterocycles. The van der Waals surface area contributed by atoms with Gasteiger partial charge in [0.25, 0.3) is 0 Å². The largest absolute Gasteiger partial charge is 0.465 e. The van der Waals surface area contributed by atoms with Gasteiger partial charge >= 0.3 is 5.97 Å². The quantitative estimate of drug-likeness (QED) is 0.468. The Morgan fingerprint density at radius 1 is 1.40 bits per heavy atom. The third kappa shape index (κ3) is 6.23. The lowest BCUT2D eigenvalue weighted by molar-refractivity contribution is -0.151. The molecule has 0 aromatic carbocycles. The van der Waals surface area contributed by atoms with Crippen LogP contribution in [-0.4, -0.2) is 36.9 Å². The normalized spacial score (nSPS) is 19.4. The van der Waals surface area contributed by atoms with Gasteiger partial charge in [0.05, 0.1) is 12.7 Å². The van der Waals surface area contributed by atoms with Crippen LogP contribution in [-0.2, 0) is 14.3 Å². The van der Waals surface area contributed by atoms with Crippen molar-refractivity contribution in [3.63, 3.8) is 0 Å². The fourth-order valence-corrected chi connectivity index (χ4v) is 2.40. The van der Waals surface area contributed by atoms with Crippen molar-refractivity contribution in [2.24, 2.45) is 0 Å². The predicted molar refractivity (Wildman–Crippen MR) is 80.8 cm³/mol. The van der Waals surface area contributed by atoms with Crippen molar-refractivity contribution in [2.75, 3.05) is 13.2 Å². The molecular formula is C16H31NO3. The van der Waals surface area contributed by atoms with Gasteiger partial charge in [-0.15, -0.1) is 0 Å². The van der Waals surface area contributed by atoms with Crippen molar-refractivity contribution in [1.29, 1.82) is 0 Å². The van der Waals surface area contributed by atoms with E-state index in [-0.39, 0.29) is 5.97 Å². The maximum Gasteiger partial charge on any atom is 0.326 e. The lowest BCUT2D eigenvalue weighted by Gasteiger charge is -2.29. The molecule has 0 aromatic rings. The SMILES string of the molecule is CCCC(C)OCCCC(C)(NC1CC1)C(=O)OCC. The first kappa shape index (κ1) is 17.4. The Bertz CT molecular complexity index is 291. The van der Waals surface area contributed by atoms with E-state index in [1.165, 1.54) is 12.8 Å². The smallest absolute Gasteiger partial charge is 0.326 e. The van der Waals surface area contributed by atoms with Gasteiger partial charge in [0, 0.05) is 12.6 Å². The Morgan fingerprint density at radius 3 is 2.65 bits per heavy atom. The Balaban J connectivity index is 2.34. The molecule has 1 N–H and O–H groups in total. The zero-order valence-corrected chi connectivity index (χ0v) is 13.5. The number of ether oxygens (including phenoxy) is 2. The first-order valence-corrected chi connectivity index (χ1v) is 8.08. The van der Waals surface area contributed by atoms with Crippen LogP contribution in [0.3, 0.4) is 0 Å². The van der Waals surface area contributed by atoms with E-state index in [0.29, 0.717) is 25.4 Å². The van der Waals surface area contributed by atoms with Crippen molar-refractivity contribution in [3.05, 3.63) is 0 Å². The zero-order chi connectivity index (χ0) is 15.0. The van der Waals surface area contributed by atoms with Gasteiger partial charge in [-0.05, 0) is 52.9 Å². The van der Waals surface area contributed by atoms with E-state index in [1.54, 1.807) is 0 Å². The number of hydrogen-bond acceptors (Lipinski definition) is 4. The van der Waals surface area contributed by atoms with E-state index in [2.05, 4.69) is 19.2 Å². The van der Waals surface area contributed by atoms with Gasteiger partial charge < -0.3 is 9.47 Å². The monoisotopic (exact) mass is 285 g/mol. The van der Waals surface area contributed by atoms with E-state index in [0.717, 1.165) is 25.7 Å². The first-order chi connectivity index (χ1) is 9.51. The van der Waals surface area contributed by atoms with Crippen LogP contribution in [0.15, 0.2) is 0 Å². The molecule has 0 heterocycles. The maximum absolute atomic E-state index is 12.1. The molecule has 1 saturated carbocycles. The molecule has 0 amide bonds. The molecule has 118 valence electrons. The van der Waals surface area contributed by atoms with Gasteiger partial charge in [-0.2, -0.15) is 0 Å². The number of hydrogen-bond donors (Lipinski definition) is 1. The molecule has 0 aromatic heterocycles. The second kappa shape index (κ2) is 8.63. The van der Waals surface area contributed by atoms with Crippen LogP contribution in [0.5, 0.6) is 0 Å². The van der Waals surface area contributed by atoms with E-state index in [9.17, 15) is 4.79 Å². The second-order valence-electron chi connectivity index (χ2n) is 6.04. The molecular weight excluding hydrogens is 254 g/mol. The highest BCUT2D eigenvalue weighted by molar-refractivity contribution is 5.80. The molecule has 1 aliphatic carbocycles. The average molecular weight is 285 g/mol. The molecule has 1 fully saturated rings. The maximum atomic E-state index is 12.1. The molecule has 0 radical (unpaired) electrons. The van der Waals surface area contributed by atoms with Crippen molar-refractivity contribution in [3.8, 4) is 0 Å². The van der Waals surface area contributed by atoms with Gasteiger partial charge in [0.1, 0.15) is 5.54 Å². The summed E-state index contributed by atoms with van der Waals surface area (Å²) in [4.78, 5) is 12.1. The summed E-state index contributed by atoms with van der Waals surface area (Å²) in [7, 11) is 0. The van der Waals surface area contributed by atoms with Crippen LogP contribution < -0.4 is 5.32 Å². The molecule has 1 aliphatic rings. The molecule has 20 heavy (non-hydrogen) atoms. The summed E-state index contributed by atoms with van der Waals surface area (Å²) in [5.41, 5.74) is -0.561. The van der Waals surface area contributed by atoms with Gasteiger partial charge in [0.2, 0.25) is 0 Å². The van der Waals surface area contributed by atoms with Gasteiger partial charge in [0.15, 0.2) is 0 Å². The number of esters is 1. The minimum Gasteiger partial charge on any atom is -0.465 e. The van der Waals surface area contributed by atoms with Crippen LogP contribution in [0, 0.1) is 0 Å². The molecule has 0 saturated heterocycles. The molecule has 4 heteroatoms. The number of rotatable bonds is 11. The highest BCUT2D eigenvalue weighted by Crippen LogP contribution is 2.25. The molecule has 2 unspecified atom stereocenters. The highest BCUT2D eigenvalue weighted by Gasteiger charge is 2.39. The van der Waals surface area contributed by atoms with Crippen LogP contribution in [0.1, 0.15) is 66.2 Å².